The smallest absolute Gasteiger partial charge is 0.243 e. The molecule has 188 valence electrons. The Labute approximate surface area is 211 Å². The lowest BCUT2D eigenvalue weighted by molar-refractivity contribution is -0.121. The quantitative estimate of drug-likeness (QED) is 0.579. The molecule has 8 nitrogen and oxygen atoms in total. The minimum Gasteiger partial charge on any atom is -0.325 e. The average Bonchev–Trinajstić information content (AvgIpc) is 3.19. The SMILES string of the molecule is CC(=O)N1c2ccc(S(=O)(=O)N3CCC(C(=O)Nc4cc(C)nc5ccccc45)CC3)cc2C[C@@H]1C. The summed E-state index contributed by atoms with van der Waals surface area (Å²) in [4.78, 5) is 31.5. The molecule has 2 aliphatic heterocycles. The number of hydrogen-bond acceptors (Lipinski definition) is 5. The van der Waals surface area contributed by atoms with Gasteiger partial charge in [-0.1, -0.05) is 18.2 Å². The number of para-hydroxylation sites is 1. The van der Waals surface area contributed by atoms with Gasteiger partial charge in [0.25, 0.3) is 0 Å². The van der Waals surface area contributed by atoms with E-state index in [1.54, 1.807) is 23.1 Å². The summed E-state index contributed by atoms with van der Waals surface area (Å²) in [5.41, 5.74) is 4.02. The highest BCUT2D eigenvalue weighted by Crippen LogP contribution is 2.35. The number of carbonyl (C=O) groups excluding carboxylic acids is 2. The molecule has 1 atom stereocenters. The number of piperidine rings is 1. The van der Waals surface area contributed by atoms with Gasteiger partial charge in [-0.3, -0.25) is 14.6 Å². The van der Waals surface area contributed by atoms with E-state index in [0.717, 1.165) is 33.5 Å². The lowest BCUT2D eigenvalue weighted by atomic mass is 9.97. The van der Waals surface area contributed by atoms with Crippen LogP contribution in [-0.2, 0) is 26.0 Å². The van der Waals surface area contributed by atoms with Crippen molar-refractivity contribution in [1.29, 1.82) is 0 Å². The molecule has 36 heavy (non-hydrogen) atoms. The van der Waals surface area contributed by atoms with Crippen LogP contribution < -0.4 is 10.2 Å². The maximum atomic E-state index is 13.4. The lowest BCUT2D eigenvalue weighted by Gasteiger charge is -2.30. The molecule has 0 spiro atoms. The molecule has 2 aromatic carbocycles. The summed E-state index contributed by atoms with van der Waals surface area (Å²) < 4.78 is 28.2. The van der Waals surface area contributed by atoms with E-state index >= 15 is 0 Å². The van der Waals surface area contributed by atoms with Crippen molar-refractivity contribution < 1.29 is 18.0 Å². The summed E-state index contributed by atoms with van der Waals surface area (Å²) >= 11 is 0. The predicted octanol–water partition coefficient (Wildman–Crippen LogP) is 3.88. The Kier molecular flexibility index (Phi) is 6.30. The molecule has 2 amide bonds. The van der Waals surface area contributed by atoms with Gasteiger partial charge in [-0.05, 0) is 69.0 Å². The van der Waals surface area contributed by atoms with Crippen LogP contribution in [0.25, 0.3) is 10.9 Å². The van der Waals surface area contributed by atoms with Gasteiger partial charge < -0.3 is 10.2 Å². The Bertz CT molecular complexity index is 1460. The Balaban J connectivity index is 1.27. The van der Waals surface area contributed by atoms with Crippen LogP contribution in [-0.4, -0.2) is 48.7 Å². The molecule has 0 radical (unpaired) electrons. The molecule has 0 unspecified atom stereocenters. The van der Waals surface area contributed by atoms with E-state index in [0.29, 0.717) is 19.3 Å². The van der Waals surface area contributed by atoms with E-state index in [4.69, 9.17) is 0 Å². The monoisotopic (exact) mass is 506 g/mol. The Morgan fingerprint density at radius 3 is 2.50 bits per heavy atom. The summed E-state index contributed by atoms with van der Waals surface area (Å²) in [6.45, 7) is 5.94. The van der Waals surface area contributed by atoms with Crippen LogP contribution in [0.15, 0.2) is 53.4 Å². The largest absolute Gasteiger partial charge is 0.325 e. The molecule has 3 heterocycles. The summed E-state index contributed by atoms with van der Waals surface area (Å²) in [5.74, 6) is -0.417. The molecule has 1 fully saturated rings. The number of aryl methyl sites for hydroxylation is 1. The van der Waals surface area contributed by atoms with E-state index in [2.05, 4.69) is 10.3 Å². The van der Waals surface area contributed by atoms with Crippen molar-refractivity contribution in [3.05, 3.63) is 59.8 Å². The van der Waals surface area contributed by atoms with E-state index < -0.39 is 10.0 Å². The highest BCUT2D eigenvalue weighted by molar-refractivity contribution is 7.89. The highest BCUT2D eigenvalue weighted by atomic mass is 32.2. The Morgan fingerprint density at radius 1 is 1.06 bits per heavy atom. The molecule has 0 saturated carbocycles. The number of hydrogen-bond donors (Lipinski definition) is 1. The van der Waals surface area contributed by atoms with Crippen molar-refractivity contribution in [2.75, 3.05) is 23.3 Å². The zero-order valence-electron chi connectivity index (χ0n) is 20.7. The van der Waals surface area contributed by atoms with E-state index in [1.807, 2.05) is 44.2 Å². The van der Waals surface area contributed by atoms with Crippen LogP contribution in [0, 0.1) is 12.8 Å². The van der Waals surface area contributed by atoms with Crippen LogP contribution >= 0.6 is 0 Å². The lowest BCUT2D eigenvalue weighted by Crippen LogP contribution is -2.41. The van der Waals surface area contributed by atoms with Gasteiger partial charge in [0.15, 0.2) is 0 Å². The minimum absolute atomic E-state index is 0.00557. The fraction of sp³-hybridized carbons (Fsp3) is 0.370. The first kappa shape index (κ1) is 24.4. The summed E-state index contributed by atoms with van der Waals surface area (Å²) in [5, 5.41) is 3.93. The third kappa shape index (κ3) is 4.37. The van der Waals surface area contributed by atoms with Crippen LogP contribution in [0.2, 0.25) is 0 Å². The molecule has 2 aliphatic rings. The standard InChI is InChI=1S/C27H30N4O4S/c1-17-14-25(23-6-4-5-7-24(23)28-17)29-27(33)20-10-12-30(13-11-20)36(34,35)22-8-9-26-21(16-22)15-18(2)31(26)19(3)32/h4-9,14,16,18,20H,10-13,15H2,1-3H3,(H,28,29,33)/t18-/m0/s1. The van der Waals surface area contributed by atoms with E-state index in [1.165, 1.54) is 11.2 Å². The average molecular weight is 507 g/mol. The number of aromatic nitrogens is 1. The van der Waals surface area contributed by atoms with Gasteiger partial charge in [0.2, 0.25) is 21.8 Å². The zero-order valence-corrected chi connectivity index (χ0v) is 21.5. The summed E-state index contributed by atoms with van der Waals surface area (Å²) in [7, 11) is -3.69. The molecule has 0 bridgehead atoms. The second-order valence-corrected chi connectivity index (χ2v) is 11.7. The number of rotatable bonds is 4. The number of fused-ring (bicyclic) bond motifs is 2. The van der Waals surface area contributed by atoms with Crippen LogP contribution in [0.5, 0.6) is 0 Å². The molecule has 0 aliphatic carbocycles. The number of sulfonamides is 1. The Morgan fingerprint density at radius 2 is 1.78 bits per heavy atom. The number of pyridine rings is 1. The second-order valence-electron chi connectivity index (χ2n) is 9.73. The summed E-state index contributed by atoms with van der Waals surface area (Å²) in [6, 6.07) is 14.5. The molecule has 5 rings (SSSR count). The number of nitrogens with one attached hydrogen (secondary N) is 1. The molecule has 1 saturated heterocycles. The van der Waals surface area contributed by atoms with E-state index in [-0.39, 0.29) is 41.8 Å². The molecule has 3 aromatic rings. The first-order chi connectivity index (χ1) is 17.1. The minimum atomic E-state index is -3.69. The van der Waals surface area contributed by atoms with Crippen molar-refractivity contribution >= 4 is 44.1 Å². The van der Waals surface area contributed by atoms with Crippen LogP contribution in [0.3, 0.4) is 0 Å². The summed E-state index contributed by atoms with van der Waals surface area (Å²) in [6.07, 6.45) is 1.53. The van der Waals surface area contributed by atoms with Crippen molar-refractivity contribution in [1.82, 2.24) is 9.29 Å². The third-order valence-corrected chi connectivity index (χ3v) is 9.07. The maximum absolute atomic E-state index is 13.4. The van der Waals surface area contributed by atoms with E-state index in [9.17, 15) is 18.0 Å². The van der Waals surface area contributed by atoms with Gasteiger partial charge in [-0.2, -0.15) is 4.31 Å². The van der Waals surface area contributed by atoms with Gasteiger partial charge in [-0.25, -0.2) is 8.42 Å². The zero-order chi connectivity index (χ0) is 25.6. The first-order valence-corrected chi connectivity index (χ1v) is 13.7. The van der Waals surface area contributed by atoms with Crippen molar-refractivity contribution in [3.8, 4) is 0 Å². The second kappa shape index (κ2) is 9.29. The fourth-order valence-electron chi connectivity index (χ4n) is 5.40. The van der Waals surface area contributed by atoms with Gasteiger partial charge in [0.1, 0.15) is 0 Å². The topological polar surface area (TPSA) is 99.7 Å². The van der Waals surface area contributed by atoms with Crippen LogP contribution in [0.1, 0.15) is 37.9 Å². The first-order valence-electron chi connectivity index (χ1n) is 12.3. The maximum Gasteiger partial charge on any atom is 0.243 e. The number of anilines is 2. The molecule has 1 N–H and O–H groups in total. The molecule has 1 aromatic heterocycles. The number of benzene rings is 2. The van der Waals surface area contributed by atoms with Gasteiger partial charge in [-0.15, -0.1) is 0 Å². The third-order valence-electron chi connectivity index (χ3n) is 7.17. The fourth-order valence-corrected chi connectivity index (χ4v) is 6.92. The van der Waals surface area contributed by atoms with Gasteiger partial charge >= 0.3 is 0 Å². The van der Waals surface area contributed by atoms with Crippen LogP contribution in [0.4, 0.5) is 11.4 Å². The van der Waals surface area contributed by atoms with Crippen molar-refractivity contribution in [2.45, 2.75) is 51.0 Å². The van der Waals surface area contributed by atoms with Crippen molar-refractivity contribution in [3.63, 3.8) is 0 Å². The van der Waals surface area contributed by atoms with Gasteiger partial charge in [0.05, 0.1) is 16.1 Å². The Hall–Kier alpha value is -3.30. The highest BCUT2D eigenvalue weighted by Gasteiger charge is 2.34. The number of carbonyl (C=O) groups is 2. The molecular formula is C27H30N4O4S. The van der Waals surface area contributed by atoms with Gasteiger partial charge in [0, 0.05) is 48.7 Å². The van der Waals surface area contributed by atoms with Crippen molar-refractivity contribution in [2.24, 2.45) is 5.92 Å². The number of amides is 2. The normalized spacial score (nSPS) is 18.9. The number of nitrogens with zero attached hydrogens (tertiary/aromatic N) is 3. The predicted molar refractivity (Wildman–Crippen MR) is 139 cm³/mol. The molecule has 9 heteroatoms. The molecular weight excluding hydrogens is 476 g/mol.